The van der Waals surface area contributed by atoms with Crippen LogP contribution in [0.4, 0.5) is 0 Å². The zero-order valence-corrected chi connectivity index (χ0v) is 14.1. The summed E-state index contributed by atoms with van der Waals surface area (Å²) in [5.74, 6) is 0. The zero-order valence-electron chi connectivity index (χ0n) is 12.6. The average molecular weight is 322 g/mol. The molecule has 0 aliphatic carbocycles. The first-order valence-corrected chi connectivity index (χ1v) is 8.21. The van der Waals surface area contributed by atoms with Gasteiger partial charge in [0.15, 0.2) is 5.16 Å². The van der Waals surface area contributed by atoms with E-state index < -0.39 is 0 Å². The molecule has 2 rings (SSSR count). The first-order valence-electron chi connectivity index (χ1n) is 7.02. The molecule has 0 radical (unpaired) electrons. The monoisotopic (exact) mass is 321 g/mol. The number of benzene rings is 1. The van der Waals surface area contributed by atoms with E-state index in [1.807, 2.05) is 38.1 Å². The lowest BCUT2D eigenvalue weighted by Crippen LogP contribution is -2.21. The quantitative estimate of drug-likeness (QED) is 0.839. The second kappa shape index (κ2) is 7.25. The number of rotatable bonds is 5. The van der Waals surface area contributed by atoms with Gasteiger partial charge in [-0.25, -0.2) is 9.97 Å². The summed E-state index contributed by atoms with van der Waals surface area (Å²) in [4.78, 5) is 10.0. The van der Waals surface area contributed by atoms with Gasteiger partial charge in [0.05, 0.1) is 0 Å². The Balaban J connectivity index is 2.31. The molecule has 0 saturated heterocycles. The molecule has 112 valence electrons. The predicted molar refractivity (Wildman–Crippen MR) is 89.1 cm³/mol. The van der Waals surface area contributed by atoms with Gasteiger partial charge in [-0.3, -0.25) is 0 Å². The SMILES string of the molecule is CCC(N)Cc1ccc(Cl)cc1Sc1nc(C)cc(C)n1. The number of nitrogens with two attached hydrogens (primary N) is 1. The molecule has 1 unspecified atom stereocenters. The van der Waals surface area contributed by atoms with Gasteiger partial charge in [-0.05, 0) is 62.2 Å². The average Bonchev–Trinajstić information content (AvgIpc) is 2.40. The van der Waals surface area contributed by atoms with Gasteiger partial charge in [-0.1, -0.05) is 24.6 Å². The highest BCUT2D eigenvalue weighted by molar-refractivity contribution is 7.99. The second-order valence-corrected chi connectivity index (χ2v) is 6.61. The van der Waals surface area contributed by atoms with E-state index in [-0.39, 0.29) is 6.04 Å². The molecular formula is C16H20ClN3S. The summed E-state index contributed by atoms with van der Waals surface area (Å²) in [7, 11) is 0. The highest BCUT2D eigenvalue weighted by Gasteiger charge is 2.11. The maximum atomic E-state index is 6.13. The maximum absolute atomic E-state index is 6.13. The number of aryl methyl sites for hydroxylation is 2. The van der Waals surface area contributed by atoms with E-state index >= 15 is 0 Å². The Labute approximate surface area is 135 Å². The van der Waals surface area contributed by atoms with Crippen LogP contribution < -0.4 is 5.73 Å². The minimum Gasteiger partial charge on any atom is -0.327 e. The molecule has 0 spiro atoms. The number of hydrogen-bond acceptors (Lipinski definition) is 4. The topological polar surface area (TPSA) is 51.8 Å². The normalized spacial score (nSPS) is 12.4. The van der Waals surface area contributed by atoms with Gasteiger partial charge in [-0.2, -0.15) is 0 Å². The molecule has 0 aliphatic heterocycles. The van der Waals surface area contributed by atoms with Gasteiger partial charge in [0.25, 0.3) is 0 Å². The van der Waals surface area contributed by atoms with E-state index in [1.54, 1.807) is 11.8 Å². The van der Waals surface area contributed by atoms with Crippen molar-refractivity contribution in [3.8, 4) is 0 Å². The van der Waals surface area contributed by atoms with Gasteiger partial charge < -0.3 is 5.73 Å². The van der Waals surface area contributed by atoms with Crippen molar-refractivity contribution in [3.05, 3.63) is 46.2 Å². The van der Waals surface area contributed by atoms with Crippen LogP contribution in [0.15, 0.2) is 34.3 Å². The lowest BCUT2D eigenvalue weighted by Gasteiger charge is -2.13. The summed E-state index contributed by atoms with van der Waals surface area (Å²) in [6, 6.07) is 8.04. The van der Waals surface area contributed by atoms with Gasteiger partial charge in [0.2, 0.25) is 0 Å². The van der Waals surface area contributed by atoms with Crippen LogP contribution in [-0.4, -0.2) is 16.0 Å². The van der Waals surface area contributed by atoms with Crippen molar-refractivity contribution in [1.29, 1.82) is 0 Å². The third kappa shape index (κ3) is 4.70. The molecule has 0 aliphatic rings. The first-order chi connectivity index (χ1) is 9.97. The molecule has 0 saturated carbocycles. The first kappa shape index (κ1) is 16.3. The molecule has 21 heavy (non-hydrogen) atoms. The van der Waals surface area contributed by atoms with Crippen molar-refractivity contribution in [3.63, 3.8) is 0 Å². The molecule has 1 aromatic heterocycles. The molecule has 0 amide bonds. The molecule has 2 aromatic rings. The smallest absolute Gasteiger partial charge is 0.192 e. The summed E-state index contributed by atoms with van der Waals surface area (Å²) in [5, 5.41) is 1.47. The molecule has 5 heteroatoms. The molecule has 1 heterocycles. The number of halogens is 1. The van der Waals surface area contributed by atoms with Crippen LogP contribution in [0.2, 0.25) is 5.02 Å². The van der Waals surface area contributed by atoms with E-state index in [2.05, 4.69) is 16.9 Å². The van der Waals surface area contributed by atoms with Crippen molar-refractivity contribution in [2.45, 2.75) is 49.7 Å². The van der Waals surface area contributed by atoms with Crippen molar-refractivity contribution in [1.82, 2.24) is 9.97 Å². The van der Waals surface area contributed by atoms with E-state index in [0.717, 1.165) is 39.3 Å². The summed E-state index contributed by atoms with van der Waals surface area (Å²) >= 11 is 7.68. The molecule has 2 N–H and O–H groups in total. The Morgan fingerprint density at radius 1 is 1.19 bits per heavy atom. The Hall–Kier alpha value is -1.10. The zero-order chi connectivity index (χ0) is 15.4. The van der Waals surface area contributed by atoms with Gasteiger partial charge in [0.1, 0.15) is 0 Å². The molecule has 0 bridgehead atoms. The van der Waals surface area contributed by atoms with Crippen molar-refractivity contribution < 1.29 is 0 Å². The highest BCUT2D eigenvalue weighted by atomic mass is 35.5. The van der Waals surface area contributed by atoms with Gasteiger partial charge >= 0.3 is 0 Å². The summed E-state index contributed by atoms with van der Waals surface area (Å²) in [6.45, 7) is 6.05. The fraction of sp³-hybridized carbons (Fsp3) is 0.375. The third-order valence-corrected chi connectivity index (χ3v) is 4.40. The van der Waals surface area contributed by atoms with Crippen molar-refractivity contribution in [2.75, 3.05) is 0 Å². The lowest BCUT2D eigenvalue weighted by molar-refractivity contribution is 0.641. The summed E-state index contributed by atoms with van der Waals surface area (Å²) < 4.78 is 0. The lowest BCUT2D eigenvalue weighted by atomic mass is 10.1. The van der Waals surface area contributed by atoms with Crippen LogP contribution in [0.1, 0.15) is 30.3 Å². The Morgan fingerprint density at radius 3 is 2.48 bits per heavy atom. The van der Waals surface area contributed by atoms with Crippen LogP contribution in [0, 0.1) is 13.8 Å². The molecule has 3 nitrogen and oxygen atoms in total. The Bertz CT molecular complexity index is 611. The van der Waals surface area contributed by atoms with E-state index in [4.69, 9.17) is 17.3 Å². The minimum absolute atomic E-state index is 0.158. The van der Waals surface area contributed by atoms with Crippen LogP contribution in [-0.2, 0) is 6.42 Å². The number of hydrogen-bond donors (Lipinski definition) is 1. The number of aromatic nitrogens is 2. The fourth-order valence-electron chi connectivity index (χ4n) is 2.06. The number of nitrogens with zero attached hydrogens (tertiary/aromatic N) is 2. The predicted octanol–water partition coefficient (Wildman–Crippen LogP) is 4.18. The van der Waals surface area contributed by atoms with Crippen molar-refractivity contribution in [2.24, 2.45) is 5.73 Å². The van der Waals surface area contributed by atoms with Crippen LogP contribution >= 0.6 is 23.4 Å². The molecular weight excluding hydrogens is 302 g/mol. The van der Waals surface area contributed by atoms with E-state index in [0.29, 0.717) is 0 Å². The molecule has 1 atom stereocenters. The van der Waals surface area contributed by atoms with Crippen LogP contribution in [0.3, 0.4) is 0 Å². The second-order valence-electron chi connectivity index (χ2n) is 5.16. The van der Waals surface area contributed by atoms with Crippen LogP contribution in [0.25, 0.3) is 0 Å². The largest absolute Gasteiger partial charge is 0.327 e. The summed E-state index contributed by atoms with van der Waals surface area (Å²) in [6.07, 6.45) is 1.79. The molecule has 0 fully saturated rings. The van der Waals surface area contributed by atoms with E-state index in [9.17, 15) is 0 Å². The third-order valence-electron chi connectivity index (χ3n) is 3.20. The molecule has 1 aromatic carbocycles. The van der Waals surface area contributed by atoms with E-state index in [1.165, 1.54) is 5.56 Å². The fourth-order valence-corrected chi connectivity index (χ4v) is 3.34. The van der Waals surface area contributed by atoms with Gasteiger partial charge in [-0.15, -0.1) is 0 Å². The van der Waals surface area contributed by atoms with Crippen molar-refractivity contribution >= 4 is 23.4 Å². The maximum Gasteiger partial charge on any atom is 0.192 e. The summed E-state index contributed by atoms with van der Waals surface area (Å²) in [5.41, 5.74) is 9.22. The Kier molecular flexibility index (Phi) is 5.62. The van der Waals surface area contributed by atoms with Crippen LogP contribution in [0.5, 0.6) is 0 Å². The standard InChI is InChI=1S/C16H20ClN3S/c1-4-14(18)8-12-5-6-13(17)9-15(12)21-16-19-10(2)7-11(3)20-16/h5-7,9,14H,4,8,18H2,1-3H3. The highest BCUT2D eigenvalue weighted by Crippen LogP contribution is 2.31. The minimum atomic E-state index is 0.158. The Morgan fingerprint density at radius 2 is 1.86 bits per heavy atom. The van der Waals surface area contributed by atoms with Gasteiger partial charge in [0, 0.05) is 27.3 Å².